The molecule has 0 saturated carbocycles. The highest BCUT2D eigenvalue weighted by Gasteiger charge is 2.06. The standard InChI is InChI=1S/C6H5FN2O2/c7-3-1-2-6(10-4-8)11-5-9/h1,3,6H,2H2. The van der Waals surface area contributed by atoms with E-state index in [4.69, 9.17) is 10.5 Å². The fourth-order valence-corrected chi connectivity index (χ4v) is 0.400. The molecule has 0 aliphatic heterocycles. The van der Waals surface area contributed by atoms with Gasteiger partial charge in [-0.05, 0) is 6.08 Å². The zero-order valence-corrected chi connectivity index (χ0v) is 5.53. The molecule has 5 heteroatoms. The lowest BCUT2D eigenvalue weighted by atomic mass is 10.4. The van der Waals surface area contributed by atoms with Crippen molar-refractivity contribution in [3.8, 4) is 12.5 Å². The first kappa shape index (κ1) is 9.25. The van der Waals surface area contributed by atoms with Gasteiger partial charge in [0.2, 0.25) is 0 Å². The Morgan fingerprint density at radius 2 is 1.91 bits per heavy atom. The van der Waals surface area contributed by atoms with Crippen LogP contribution in [0, 0.1) is 23.0 Å². The van der Waals surface area contributed by atoms with Crippen LogP contribution in [-0.2, 0) is 9.47 Å². The Bertz CT molecular complexity index is 188. The molecule has 0 atom stereocenters. The van der Waals surface area contributed by atoms with Gasteiger partial charge < -0.3 is 9.47 Å². The normalized spacial score (nSPS) is 9.09. The van der Waals surface area contributed by atoms with Crippen LogP contribution in [0.3, 0.4) is 0 Å². The molecule has 58 valence electrons. The third kappa shape index (κ3) is 4.73. The maximum absolute atomic E-state index is 11.4. The topological polar surface area (TPSA) is 66.0 Å². The molecule has 0 radical (unpaired) electrons. The number of rotatable bonds is 4. The van der Waals surface area contributed by atoms with Crippen LogP contribution >= 0.6 is 0 Å². The highest BCUT2D eigenvalue weighted by molar-refractivity contribution is 4.76. The van der Waals surface area contributed by atoms with Gasteiger partial charge in [-0.3, -0.25) is 0 Å². The largest absolute Gasteiger partial charge is 0.384 e. The number of nitrogens with zero attached hydrogens (tertiary/aromatic N) is 2. The van der Waals surface area contributed by atoms with Crippen molar-refractivity contribution in [1.82, 2.24) is 0 Å². The zero-order chi connectivity index (χ0) is 8.53. The molecule has 0 aliphatic rings. The van der Waals surface area contributed by atoms with Gasteiger partial charge in [-0.2, -0.15) is 10.5 Å². The molecular formula is C6H5FN2O2. The molecule has 0 aromatic rings. The molecule has 0 saturated heterocycles. The van der Waals surface area contributed by atoms with Crippen LogP contribution in [0.1, 0.15) is 6.42 Å². The van der Waals surface area contributed by atoms with Gasteiger partial charge in [-0.25, -0.2) is 4.39 Å². The van der Waals surface area contributed by atoms with E-state index in [-0.39, 0.29) is 12.8 Å². The predicted octanol–water partition coefficient (Wildman–Crippen LogP) is 1.18. The van der Waals surface area contributed by atoms with E-state index >= 15 is 0 Å². The number of ether oxygens (including phenoxy) is 2. The van der Waals surface area contributed by atoms with Gasteiger partial charge in [0.1, 0.15) is 0 Å². The molecule has 0 aliphatic carbocycles. The smallest absolute Gasteiger partial charge is 0.289 e. The van der Waals surface area contributed by atoms with Crippen LogP contribution in [0.15, 0.2) is 12.4 Å². The number of hydrogen-bond donors (Lipinski definition) is 0. The molecule has 0 aromatic heterocycles. The highest BCUT2D eigenvalue weighted by atomic mass is 19.1. The van der Waals surface area contributed by atoms with Crippen molar-refractivity contribution in [2.24, 2.45) is 0 Å². The lowest BCUT2D eigenvalue weighted by molar-refractivity contribution is -0.0404. The number of nitriles is 2. The first-order valence-corrected chi connectivity index (χ1v) is 2.69. The van der Waals surface area contributed by atoms with Gasteiger partial charge >= 0.3 is 0 Å². The second-order valence-electron chi connectivity index (χ2n) is 1.45. The summed E-state index contributed by atoms with van der Waals surface area (Å²) in [5.41, 5.74) is 0. The molecule has 0 aromatic carbocycles. The highest BCUT2D eigenvalue weighted by Crippen LogP contribution is 2.00. The summed E-state index contributed by atoms with van der Waals surface area (Å²) in [6.45, 7) is 0. The van der Waals surface area contributed by atoms with Crippen LogP contribution in [0.25, 0.3) is 0 Å². The first-order chi connectivity index (χ1) is 5.35. The summed E-state index contributed by atoms with van der Waals surface area (Å²) in [5.74, 6) is 0. The number of halogens is 1. The fraction of sp³-hybridized carbons (Fsp3) is 0.333. The van der Waals surface area contributed by atoms with Crippen LogP contribution in [0.4, 0.5) is 4.39 Å². The second kappa shape index (κ2) is 6.37. The van der Waals surface area contributed by atoms with E-state index < -0.39 is 6.29 Å². The van der Waals surface area contributed by atoms with Crippen molar-refractivity contribution in [3.05, 3.63) is 12.4 Å². The molecule has 0 unspecified atom stereocenters. The molecule has 0 spiro atoms. The molecule has 0 bridgehead atoms. The Balaban J connectivity index is 3.72. The van der Waals surface area contributed by atoms with Crippen LogP contribution in [0.5, 0.6) is 0 Å². The van der Waals surface area contributed by atoms with Gasteiger partial charge in [0.15, 0.2) is 0 Å². The maximum atomic E-state index is 11.4. The molecule has 0 amide bonds. The summed E-state index contributed by atoms with van der Waals surface area (Å²) in [6, 6.07) is 0. The average Bonchev–Trinajstić information content (AvgIpc) is 2.01. The molecule has 0 rings (SSSR count). The van der Waals surface area contributed by atoms with Gasteiger partial charge in [0.25, 0.3) is 18.8 Å². The molecule has 4 nitrogen and oxygen atoms in total. The molecule has 0 heterocycles. The van der Waals surface area contributed by atoms with E-state index in [0.29, 0.717) is 0 Å². The minimum Gasteiger partial charge on any atom is -0.384 e. The van der Waals surface area contributed by atoms with Crippen LogP contribution < -0.4 is 0 Å². The van der Waals surface area contributed by atoms with Crippen LogP contribution in [0.2, 0.25) is 0 Å². The maximum Gasteiger partial charge on any atom is 0.289 e. The zero-order valence-electron chi connectivity index (χ0n) is 5.53. The van der Waals surface area contributed by atoms with Gasteiger partial charge in [0, 0.05) is 6.42 Å². The second-order valence-corrected chi connectivity index (χ2v) is 1.45. The summed E-state index contributed by atoms with van der Waals surface area (Å²) in [5, 5.41) is 16.0. The Hall–Kier alpha value is -1.75. The minimum absolute atomic E-state index is 0.0254. The van der Waals surface area contributed by atoms with Crippen molar-refractivity contribution in [1.29, 1.82) is 10.5 Å². The lowest BCUT2D eigenvalue weighted by Gasteiger charge is -2.05. The van der Waals surface area contributed by atoms with Crippen molar-refractivity contribution < 1.29 is 13.9 Å². The summed E-state index contributed by atoms with van der Waals surface area (Å²) in [6.07, 6.45) is 3.04. The quantitative estimate of drug-likeness (QED) is 0.452. The van der Waals surface area contributed by atoms with Crippen molar-refractivity contribution in [3.63, 3.8) is 0 Å². The Kier molecular flexibility index (Phi) is 5.36. The Morgan fingerprint density at radius 3 is 2.27 bits per heavy atom. The Labute approximate surface area is 63.1 Å². The predicted molar refractivity (Wildman–Crippen MR) is 32.0 cm³/mol. The van der Waals surface area contributed by atoms with Crippen molar-refractivity contribution in [2.75, 3.05) is 0 Å². The van der Waals surface area contributed by atoms with E-state index in [1.165, 1.54) is 12.5 Å². The Morgan fingerprint density at radius 1 is 1.36 bits per heavy atom. The van der Waals surface area contributed by atoms with E-state index in [9.17, 15) is 4.39 Å². The molecule has 11 heavy (non-hydrogen) atoms. The van der Waals surface area contributed by atoms with Gasteiger partial charge in [0.05, 0.1) is 6.33 Å². The third-order valence-electron chi connectivity index (χ3n) is 0.786. The SMILES string of the molecule is N#COC(CC=CF)OC#N. The van der Waals surface area contributed by atoms with Crippen molar-refractivity contribution >= 4 is 0 Å². The molecule has 0 fully saturated rings. The van der Waals surface area contributed by atoms with Gasteiger partial charge in [-0.1, -0.05) is 0 Å². The fourth-order valence-electron chi connectivity index (χ4n) is 0.400. The van der Waals surface area contributed by atoms with Crippen molar-refractivity contribution in [2.45, 2.75) is 12.7 Å². The summed E-state index contributed by atoms with van der Waals surface area (Å²) < 4.78 is 19.8. The monoisotopic (exact) mass is 156 g/mol. The molecular weight excluding hydrogens is 151 g/mol. The van der Waals surface area contributed by atoms with Crippen LogP contribution in [-0.4, -0.2) is 6.29 Å². The van der Waals surface area contributed by atoms with E-state index in [0.717, 1.165) is 6.08 Å². The third-order valence-corrected chi connectivity index (χ3v) is 0.786. The first-order valence-electron chi connectivity index (χ1n) is 2.69. The lowest BCUT2D eigenvalue weighted by Crippen LogP contribution is -2.10. The number of hydrogen-bond acceptors (Lipinski definition) is 4. The van der Waals surface area contributed by atoms with E-state index in [1.807, 2.05) is 0 Å². The van der Waals surface area contributed by atoms with E-state index in [1.54, 1.807) is 0 Å². The summed E-state index contributed by atoms with van der Waals surface area (Å²) >= 11 is 0. The summed E-state index contributed by atoms with van der Waals surface area (Å²) in [7, 11) is 0. The van der Waals surface area contributed by atoms with E-state index in [2.05, 4.69) is 9.47 Å². The van der Waals surface area contributed by atoms with Gasteiger partial charge in [-0.15, -0.1) is 0 Å². The average molecular weight is 156 g/mol. The summed E-state index contributed by atoms with van der Waals surface area (Å²) in [4.78, 5) is 0. The minimum atomic E-state index is -1.02. The molecule has 0 N–H and O–H groups in total.